The molecule has 2 N–H and O–H groups in total. The van der Waals surface area contributed by atoms with Crippen LogP contribution in [0.5, 0.6) is 5.75 Å². The minimum Gasteiger partial charge on any atom is -0.482 e. The van der Waals surface area contributed by atoms with Crippen LogP contribution in [0, 0.1) is 17.6 Å². The molecule has 152 valence electrons. The van der Waals surface area contributed by atoms with Crippen LogP contribution >= 0.6 is 11.6 Å². The standard InChI is InChI=1S/C18H19ClF2N2O4S/c1-11(2)9-22-28(25,26)12-6-7-16(13(19)8-12)27-10-17(24)23-18-14(20)4-3-5-15(18)21/h3-8,11,22H,9-10H2,1-2H3,(H,23,24). The van der Waals surface area contributed by atoms with Gasteiger partial charge in [-0.1, -0.05) is 31.5 Å². The third kappa shape index (κ3) is 5.88. The zero-order valence-electron chi connectivity index (χ0n) is 15.1. The van der Waals surface area contributed by atoms with E-state index in [-0.39, 0.29) is 28.1 Å². The molecule has 10 heteroatoms. The van der Waals surface area contributed by atoms with Crippen molar-refractivity contribution in [2.75, 3.05) is 18.5 Å². The van der Waals surface area contributed by atoms with Gasteiger partial charge in [-0.2, -0.15) is 0 Å². The number of hydrogen-bond donors (Lipinski definition) is 2. The van der Waals surface area contributed by atoms with Crippen LogP contribution in [0.25, 0.3) is 0 Å². The van der Waals surface area contributed by atoms with Crippen LogP contribution in [0.15, 0.2) is 41.3 Å². The third-order valence-electron chi connectivity index (χ3n) is 3.48. The first-order chi connectivity index (χ1) is 13.1. The highest BCUT2D eigenvalue weighted by Crippen LogP contribution is 2.27. The summed E-state index contributed by atoms with van der Waals surface area (Å²) in [5, 5.41) is 2.04. The predicted molar refractivity (Wildman–Crippen MR) is 102 cm³/mol. The number of amides is 1. The molecule has 0 spiro atoms. The summed E-state index contributed by atoms with van der Waals surface area (Å²) in [6.45, 7) is 3.42. The number of hydrogen-bond acceptors (Lipinski definition) is 4. The molecule has 0 aliphatic carbocycles. The fraction of sp³-hybridized carbons (Fsp3) is 0.278. The molecule has 0 aliphatic rings. The van der Waals surface area contributed by atoms with E-state index in [1.165, 1.54) is 24.3 Å². The molecule has 0 saturated heterocycles. The van der Waals surface area contributed by atoms with Crippen LogP contribution in [-0.2, 0) is 14.8 Å². The lowest BCUT2D eigenvalue weighted by atomic mass is 10.2. The number of ether oxygens (including phenoxy) is 1. The monoisotopic (exact) mass is 432 g/mol. The number of sulfonamides is 1. The normalized spacial score (nSPS) is 11.5. The van der Waals surface area contributed by atoms with E-state index in [9.17, 15) is 22.0 Å². The number of halogens is 3. The van der Waals surface area contributed by atoms with E-state index in [2.05, 4.69) is 10.0 Å². The van der Waals surface area contributed by atoms with Crippen LogP contribution in [0.1, 0.15) is 13.8 Å². The highest BCUT2D eigenvalue weighted by atomic mass is 35.5. The molecule has 2 aromatic carbocycles. The summed E-state index contributed by atoms with van der Waals surface area (Å²) < 4.78 is 59.1. The van der Waals surface area contributed by atoms with Gasteiger partial charge < -0.3 is 10.1 Å². The van der Waals surface area contributed by atoms with Crippen LogP contribution in [-0.4, -0.2) is 27.5 Å². The van der Waals surface area contributed by atoms with Crippen molar-refractivity contribution in [1.29, 1.82) is 0 Å². The molecule has 0 aromatic heterocycles. The van der Waals surface area contributed by atoms with Crippen molar-refractivity contribution in [1.82, 2.24) is 4.72 Å². The number of para-hydroxylation sites is 1. The van der Waals surface area contributed by atoms with Crippen molar-refractivity contribution in [3.05, 3.63) is 53.1 Å². The number of rotatable bonds is 8. The lowest BCUT2D eigenvalue weighted by Gasteiger charge is -2.12. The van der Waals surface area contributed by atoms with Crippen molar-refractivity contribution in [2.24, 2.45) is 5.92 Å². The van der Waals surface area contributed by atoms with Crippen LogP contribution < -0.4 is 14.8 Å². The molecule has 6 nitrogen and oxygen atoms in total. The Hall–Kier alpha value is -2.23. The molecule has 0 saturated carbocycles. The molecular weight excluding hydrogens is 414 g/mol. The van der Waals surface area contributed by atoms with E-state index >= 15 is 0 Å². The fourth-order valence-corrected chi connectivity index (χ4v) is 3.60. The lowest BCUT2D eigenvalue weighted by molar-refractivity contribution is -0.118. The molecule has 2 aromatic rings. The largest absolute Gasteiger partial charge is 0.482 e. The molecule has 0 unspecified atom stereocenters. The van der Waals surface area contributed by atoms with E-state index in [1.54, 1.807) is 0 Å². The minimum atomic E-state index is -3.73. The summed E-state index contributed by atoms with van der Waals surface area (Å²) in [5.74, 6) is -2.47. The van der Waals surface area contributed by atoms with Crippen LogP contribution in [0.3, 0.4) is 0 Å². The second kappa shape index (κ2) is 9.31. The predicted octanol–water partition coefficient (Wildman–Crippen LogP) is 3.57. The topological polar surface area (TPSA) is 84.5 Å². The maximum absolute atomic E-state index is 13.5. The number of carbonyl (C=O) groups excluding carboxylic acids is 1. The highest BCUT2D eigenvalue weighted by Gasteiger charge is 2.17. The molecule has 2 rings (SSSR count). The van der Waals surface area contributed by atoms with Gasteiger partial charge in [-0.3, -0.25) is 4.79 Å². The smallest absolute Gasteiger partial charge is 0.262 e. The molecule has 0 bridgehead atoms. The first-order valence-electron chi connectivity index (χ1n) is 8.26. The summed E-state index contributed by atoms with van der Waals surface area (Å²) in [6.07, 6.45) is 0. The lowest BCUT2D eigenvalue weighted by Crippen LogP contribution is -2.27. The Bertz CT molecular complexity index is 948. The van der Waals surface area contributed by atoms with Crippen molar-refractivity contribution in [3.63, 3.8) is 0 Å². The number of benzene rings is 2. The van der Waals surface area contributed by atoms with E-state index in [0.29, 0.717) is 0 Å². The Kier molecular flexibility index (Phi) is 7.34. The Balaban J connectivity index is 2.02. The Morgan fingerprint density at radius 1 is 1.18 bits per heavy atom. The van der Waals surface area contributed by atoms with E-state index < -0.39 is 39.9 Å². The Morgan fingerprint density at radius 3 is 2.39 bits per heavy atom. The Labute approximate surface area is 166 Å². The minimum absolute atomic E-state index is 0.0303. The molecule has 1 amide bonds. The van der Waals surface area contributed by atoms with Gasteiger partial charge in [-0.05, 0) is 36.2 Å². The molecule has 0 radical (unpaired) electrons. The van der Waals surface area contributed by atoms with Gasteiger partial charge in [-0.25, -0.2) is 21.9 Å². The molecule has 0 heterocycles. The SMILES string of the molecule is CC(C)CNS(=O)(=O)c1ccc(OCC(=O)Nc2c(F)cccc2F)c(Cl)c1. The molecule has 0 aliphatic heterocycles. The van der Waals surface area contributed by atoms with Crippen molar-refractivity contribution < 1.29 is 26.7 Å². The first kappa shape index (κ1) is 22.1. The van der Waals surface area contributed by atoms with Gasteiger partial charge in [0, 0.05) is 6.54 Å². The third-order valence-corrected chi connectivity index (χ3v) is 5.20. The summed E-state index contributed by atoms with van der Waals surface area (Å²) >= 11 is 6.02. The molecule has 28 heavy (non-hydrogen) atoms. The summed E-state index contributed by atoms with van der Waals surface area (Å²) in [5.41, 5.74) is -0.583. The van der Waals surface area contributed by atoms with Crippen molar-refractivity contribution >= 4 is 33.2 Å². The van der Waals surface area contributed by atoms with Gasteiger partial charge in [0.2, 0.25) is 10.0 Å². The van der Waals surface area contributed by atoms with Crippen molar-refractivity contribution in [3.8, 4) is 5.75 Å². The summed E-state index contributed by atoms with van der Waals surface area (Å²) in [7, 11) is -3.73. The zero-order chi connectivity index (χ0) is 20.9. The quantitative estimate of drug-likeness (QED) is 0.667. The average molecular weight is 433 g/mol. The highest BCUT2D eigenvalue weighted by molar-refractivity contribution is 7.89. The van der Waals surface area contributed by atoms with Gasteiger partial charge in [0.1, 0.15) is 23.1 Å². The molecular formula is C18H19ClF2N2O4S. The zero-order valence-corrected chi connectivity index (χ0v) is 16.7. The maximum Gasteiger partial charge on any atom is 0.262 e. The number of carbonyl (C=O) groups is 1. The second-order valence-corrected chi connectivity index (χ2v) is 8.45. The van der Waals surface area contributed by atoms with Crippen molar-refractivity contribution in [2.45, 2.75) is 18.7 Å². The number of nitrogens with one attached hydrogen (secondary N) is 2. The summed E-state index contributed by atoms with van der Waals surface area (Å²) in [4.78, 5) is 11.8. The molecule has 0 fully saturated rings. The van der Waals surface area contributed by atoms with Gasteiger partial charge >= 0.3 is 0 Å². The fourth-order valence-electron chi connectivity index (χ4n) is 2.06. The second-order valence-electron chi connectivity index (χ2n) is 6.27. The van der Waals surface area contributed by atoms with Crippen LogP contribution in [0.4, 0.5) is 14.5 Å². The van der Waals surface area contributed by atoms with Gasteiger partial charge in [-0.15, -0.1) is 0 Å². The van der Waals surface area contributed by atoms with E-state index in [4.69, 9.17) is 16.3 Å². The summed E-state index contributed by atoms with van der Waals surface area (Å²) in [6, 6.07) is 6.93. The first-order valence-corrected chi connectivity index (χ1v) is 10.1. The maximum atomic E-state index is 13.5. The van der Waals surface area contributed by atoms with E-state index in [1.807, 2.05) is 13.8 Å². The Morgan fingerprint density at radius 2 is 1.82 bits per heavy atom. The number of anilines is 1. The average Bonchev–Trinajstić information content (AvgIpc) is 2.62. The van der Waals surface area contributed by atoms with E-state index in [0.717, 1.165) is 12.1 Å². The van der Waals surface area contributed by atoms with Gasteiger partial charge in [0.15, 0.2) is 6.61 Å². The van der Waals surface area contributed by atoms with Gasteiger partial charge in [0.05, 0.1) is 9.92 Å². The van der Waals surface area contributed by atoms with Crippen LogP contribution in [0.2, 0.25) is 5.02 Å². The molecule has 0 atom stereocenters. The van der Waals surface area contributed by atoms with Gasteiger partial charge in [0.25, 0.3) is 5.91 Å².